The van der Waals surface area contributed by atoms with E-state index in [-0.39, 0.29) is 32.4 Å². The molecule has 0 radical (unpaired) electrons. The number of amides is 2. The summed E-state index contributed by atoms with van der Waals surface area (Å²) in [6, 6.07) is 11.8. The molecular weight excluding hydrogens is 600 g/mol. The first kappa shape index (κ1) is 32.3. The van der Waals surface area contributed by atoms with Crippen LogP contribution in [0.3, 0.4) is 0 Å². The Labute approximate surface area is 258 Å². The Morgan fingerprint density at radius 2 is 1.77 bits per heavy atom. The number of nitrogens with zero attached hydrogens (tertiary/aromatic N) is 1. The van der Waals surface area contributed by atoms with Gasteiger partial charge in [-0.1, -0.05) is 62.2 Å². The van der Waals surface area contributed by atoms with Gasteiger partial charge in [-0.2, -0.15) is 5.26 Å². The molecule has 226 valence electrons. The van der Waals surface area contributed by atoms with Crippen LogP contribution >= 0.6 is 23.2 Å². The molecule has 1 aliphatic rings. The first-order valence-electron chi connectivity index (χ1n) is 13.7. The first-order chi connectivity index (χ1) is 20.2. The molecule has 0 aromatic heterocycles. The van der Waals surface area contributed by atoms with Gasteiger partial charge in [-0.05, 0) is 60.7 Å². The maximum Gasteiger partial charge on any atom is 0.254 e. The fourth-order valence-electron chi connectivity index (χ4n) is 5.81. The molecular formula is C32H31Cl2F3N4O2. The summed E-state index contributed by atoms with van der Waals surface area (Å²) in [4.78, 5) is 26.1. The minimum Gasteiger partial charge on any atom is -0.352 e. The van der Waals surface area contributed by atoms with Crippen molar-refractivity contribution in [2.24, 2.45) is 5.41 Å². The predicted molar refractivity (Wildman–Crippen MR) is 161 cm³/mol. The summed E-state index contributed by atoms with van der Waals surface area (Å²) in [5, 5.41) is 19.1. The topological polar surface area (TPSA) is 94.0 Å². The maximum absolute atomic E-state index is 15.8. The van der Waals surface area contributed by atoms with E-state index in [4.69, 9.17) is 23.2 Å². The van der Waals surface area contributed by atoms with Gasteiger partial charge in [0.1, 0.15) is 22.9 Å². The molecule has 0 bridgehead atoms. The highest BCUT2D eigenvalue weighted by Crippen LogP contribution is 2.52. The van der Waals surface area contributed by atoms with Crippen molar-refractivity contribution < 1.29 is 22.8 Å². The SMILES string of the molecule is CCNC(=O)c1ccc(NC(=O)[C@@H]2N[C@@H](CC(C)(C)C)[C@](C#N)(c3ccc(Cl)cc3F)[C@H]2c2cccc(Cl)c2F)cc1F. The molecule has 4 rings (SSSR count). The van der Waals surface area contributed by atoms with Crippen molar-refractivity contribution in [3.8, 4) is 6.07 Å². The normalized spacial score (nSPS) is 21.7. The molecule has 3 aromatic carbocycles. The largest absolute Gasteiger partial charge is 0.352 e. The third kappa shape index (κ3) is 6.37. The maximum atomic E-state index is 15.8. The summed E-state index contributed by atoms with van der Waals surface area (Å²) in [7, 11) is 0. The summed E-state index contributed by atoms with van der Waals surface area (Å²) in [6.07, 6.45) is 0.293. The van der Waals surface area contributed by atoms with Crippen LogP contribution in [0.2, 0.25) is 10.0 Å². The Bertz CT molecular complexity index is 1600. The Hall–Kier alpha value is -3.58. The average Bonchev–Trinajstić information content (AvgIpc) is 3.23. The smallest absolute Gasteiger partial charge is 0.254 e. The van der Waals surface area contributed by atoms with Crippen molar-refractivity contribution >= 4 is 40.7 Å². The summed E-state index contributed by atoms with van der Waals surface area (Å²) in [6.45, 7) is 7.78. The summed E-state index contributed by atoms with van der Waals surface area (Å²) < 4.78 is 46.3. The average molecular weight is 632 g/mol. The highest BCUT2D eigenvalue weighted by atomic mass is 35.5. The zero-order valence-corrected chi connectivity index (χ0v) is 25.5. The van der Waals surface area contributed by atoms with E-state index in [1.54, 1.807) is 6.92 Å². The van der Waals surface area contributed by atoms with E-state index in [2.05, 4.69) is 22.0 Å². The van der Waals surface area contributed by atoms with Crippen molar-refractivity contribution in [3.05, 3.63) is 98.8 Å². The van der Waals surface area contributed by atoms with Crippen LogP contribution in [0.1, 0.15) is 61.5 Å². The second kappa shape index (κ2) is 12.6. The van der Waals surface area contributed by atoms with Gasteiger partial charge in [0.25, 0.3) is 5.91 Å². The molecule has 1 aliphatic heterocycles. The van der Waals surface area contributed by atoms with Gasteiger partial charge >= 0.3 is 0 Å². The van der Waals surface area contributed by atoms with Gasteiger partial charge in [0.15, 0.2) is 0 Å². The zero-order chi connectivity index (χ0) is 31.7. The molecule has 11 heteroatoms. The monoisotopic (exact) mass is 630 g/mol. The second-order valence-corrected chi connectivity index (χ2v) is 12.6. The van der Waals surface area contributed by atoms with Gasteiger partial charge in [-0.25, -0.2) is 13.2 Å². The van der Waals surface area contributed by atoms with Gasteiger partial charge in [-0.3, -0.25) is 9.59 Å². The van der Waals surface area contributed by atoms with Crippen LogP contribution < -0.4 is 16.0 Å². The van der Waals surface area contributed by atoms with E-state index < -0.39 is 58.1 Å². The molecule has 0 spiro atoms. The van der Waals surface area contributed by atoms with Gasteiger partial charge in [0, 0.05) is 34.8 Å². The number of hydrogen-bond donors (Lipinski definition) is 3. The summed E-state index contributed by atoms with van der Waals surface area (Å²) >= 11 is 12.2. The van der Waals surface area contributed by atoms with Crippen LogP contribution in [0.5, 0.6) is 0 Å². The minimum atomic E-state index is -1.80. The van der Waals surface area contributed by atoms with Crippen molar-refractivity contribution in [1.82, 2.24) is 10.6 Å². The van der Waals surface area contributed by atoms with Gasteiger partial charge < -0.3 is 16.0 Å². The van der Waals surface area contributed by atoms with Crippen molar-refractivity contribution in [1.29, 1.82) is 5.26 Å². The molecule has 1 fully saturated rings. The number of carbonyl (C=O) groups is 2. The van der Waals surface area contributed by atoms with E-state index in [1.165, 1.54) is 42.5 Å². The minimum absolute atomic E-state index is 0.0298. The number of carbonyl (C=O) groups excluding carboxylic acids is 2. The standard InChI is InChI=1S/C32H31Cl2F3N4O2/c1-5-39-29(42)19-11-10-18(14-23(19)35)40-30(43)28-26(20-7-6-8-22(34)27(20)37)32(16-38,25(41-28)15-31(2,3)4)21-12-9-17(33)13-24(21)36/h6-14,25-26,28,41H,5,15H2,1-4H3,(H,39,42)(H,40,43)/t25-,26-,28+,32-/m0/s1. The Morgan fingerprint density at radius 1 is 1.05 bits per heavy atom. The molecule has 3 aromatic rings. The zero-order valence-electron chi connectivity index (χ0n) is 24.0. The third-order valence-corrected chi connectivity index (χ3v) is 8.08. The lowest BCUT2D eigenvalue weighted by Gasteiger charge is -2.37. The van der Waals surface area contributed by atoms with E-state index in [1.807, 2.05) is 20.8 Å². The van der Waals surface area contributed by atoms with Gasteiger partial charge in [0.2, 0.25) is 5.91 Å². The number of anilines is 1. The van der Waals surface area contributed by atoms with Crippen LogP contribution in [0.4, 0.5) is 18.9 Å². The van der Waals surface area contributed by atoms with Crippen molar-refractivity contribution in [2.75, 3.05) is 11.9 Å². The lowest BCUT2D eigenvalue weighted by atomic mass is 9.62. The molecule has 1 heterocycles. The molecule has 1 saturated heterocycles. The molecule has 4 atom stereocenters. The van der Waals surface area contributed by atoms with Crippen LogP contribution in [0, 0.1) is 34.2 Å². The summed E-state index contributed by atoms with van der Waals surface area (Å²) in [5.74, 6) is -5.11. The number of nitriles is 1. The number of hydrogen-bond acceptors (Lipinski definition) is 4. The van der Waals surface area contributed by atoms with Crippen LogP contribution in [-0.4, -0.2) is 30.4 Å². The molecule has 2 amide bonds. The van der Waals surface area contributed by atoms with Crippen LogP contribution in [0.25, 0.3) is 0 Å². The van der Waals surface area contributed by atoms with Crippen LogP contribution in [0.15, 0.2) is 54.6 Å². The molecule has 3 N–H and O–H groups in total. The molecule has 43 heavy (non-hydrogen) atoms. The van der Waals surface area contributed by atoms with E-state index in [0.29, 0.717) is 13.0 Å². The molecule has 0 saturated carbocycles. The summed E-state index contributed by atoms with van der Waals surface area (Å²) in [5.41, 5.74) is -2.51. The first-order valence-corrected chi connectivity index (χ1v) is 14.4. The van der Waals surface area contributed by atoms with E-state index in [9.17, 15) is 19.2 Å². The number of nitrogens with one attached hydrogen (secondary N) is 3. The van der Waals surface area contributed by atoms with Crippen molar-refractivity contribution in [2.45, 2.75) is 57.5 Å². The highest BCUT2D eigenvalue weighted by Gasteiger charge is 2.61. The predicted octanol–water partition coefficient (Wildman–Crippen LogP) is 7.12. The Morgan fingerprint density at radius 3 is 2.37 bits per heavy atom. The molecule has 6 nitrogen and oxygen atoms in total. The van der Waals surface area contributed by atoms with Crippen LogP contribution in [-0.2, 0) is 10.2 Å². The van der Waals surface area contributed by atoms with E-state index in [0.717, 1.165) is 12.1 Å². The Kier molecular flexibility index (Phi) is 9.45. The van der Waals surface area contributed by atoms with Crippen molar-refractivity contribution in [3.63, 3.8) is 0 Å². The fourth-order valence-corrected chi connectivity index (χ4v) is 6.15. The molecule has 0 aliphatic carbocycles. The van der Waals surface area contributed by atoms with Gasteiger partial charge in [0.05, 0.1) is 22.7 Å². The van der Waals surface area contributed by atoms with Gasteiger partial charge in [-0.15, -0.1) is 0 Å². The molecule has 0 unspecified atom stereocenters. The number of benzene rings is 3. The third-order valence-electron chi connectivity index (χ3n) is 7.55. The quantitative estimate of drug-likeness (QED) is 0.259. The lowest BCUT2D eigenvalue weighted by molar-refractivity contribution is -0.118. The fraction of sp³-hybridized carbons (Fsp3) is 0.344. The number of rotatable bonds is 7. The Balaban J connectivity index is 1.89. The lowest BCUT2D eigenvalue weighted by Crippen LogP contribution is -2.45. The number of halogens is 5. The van der Waals surface area contributed by atoms with E-state index >= 15 is 8.78 Å². The second-order valence-electron chi connectivity index (χ2n) is 11.7. The highest BCUT2D eigenvalue weighted by molar-refractivity contribution is 6.31.